The highest BCUT2D eigenvalue weighted by molar-refractivity contribution is 5.99. The van der Waals surface area contributed by atoms with Gasteiger partial charge in [-0.05, 0) is 25.8 Å². The van der Waals surface area contributed by atoms with Crippen LogP contribution in [0.1, 0.15) is 59.9 Å². The molecule has 1 heterocycles. The molecule has 1 fully saturated rings. The van der Waals surface area contributed by atoms with Crippen molar-refractivity contribution in [3.8, 4) is 0 Å². The molecule has 0 radical (unpaired) electrons. The maximum Gasteiger partial charge on any atom is 0.308 e. The Hall–Kier alpha value is -2.11. The number of hydrogen-bond acceptors (Lipinski definition) is 3. The van der Waals surface area contributed by atoms with Gasteiger partial charge in [-0.3, -0.25) is 14.4 Å². The predicted molar refractivity (Wildman–Crippen MR) is 80.9 cm³/mol. The van der Waals surface area contributed by atoms with Crippen LogP contribution in [0.25, 0.3) is 0 Å². The Bertz CT molecular complexity index is 591. The molecule has 22 heavy (non-hydrogen) atoms. The summed E-state index contributed by atoms with van der Waals surface area (Å²) in [7, 11) is 1.70. The van der Waals surface area contributed by atoms with E-state index in [2.05, 4.69) is 5.32 Å². The maximum atomic E-state index is 12.4. The van der Waals surface area contributed by atoms with Crippen molar-refractivity contribution < 1.29 is 19.5 Å². The molecule has 1 saturated carbocycles. The molecule has 2 N–H and O–H groups in total. The Balaban J connectivity index is 2.15. The topological polar surface area (TPSA) is 88.4 Å². The second kappa shape index (κ2) is 6.77. The first-order valence-corrected chi connectivity index (χ1v) is 7.61. The third-order valence-electron chi connectivity index (χ3n) is 4.29. The van der Waals surface area contributed by atoms with Crippen LogP contribution in [-0.2, 0) is 11.8 Å². The molecule has 0 bridgehead atoms. The third kappa shape index (κ3) is 3.55. The number of carboxylic acids is 1. The van der Waals surface area contributed by atoms with Gasteiger partial charge in [-0.1, -0.05) is 19.3 Å². The average molecular weight is 306 g/mol. The standard InChI is InChI=1S/C16H22N2O4/c1-10(19)11-8-14(18(2)9-11)15(20)17-13-7-5-3-4-6-12(13)16(21)22/h8-9,12-13H,3-7H2,1-2H3,(H,17,20)(H,21,22)/t12-,13+/m1/s1. The molecule has 2 rings (SSSR count). The van der Waals surface area contributed by atoms with E-state index in [0.717, 1.165) is 19.3 Å². The van der Waals surface area contributed by atoms with Crippen molar-refractivity contribution in [3.05, 3.63) is 23.5 Å². The van der Waals surface area contributed by atoms with Gasteiger partial charge in [0.25, 0.3) is 5.91 Å². The lowest BCUT2D eigenvalue weighted by atomic mass is 9.95. The van der Waals surface area contributed by atoms with Gasteiger partial charge < -0.3 is 15.0 Å². The minimum absolute atomic E-state index is 0.104. The second-order valence-electron chi connectivity index (χ2n) is 5.94. The number of aliphatic carboxylic acids is 1. The zero-order valence-corrected chi connectivity index (χ0v) is 13.0. The molecule has 1 aliphatic rings. The van der Waals surface area contributed by atoms with E-state index >= 15 is 0 Å². The molecule has 1 amide bonds. The molecule has 6 heteroatoms. The second-order valence-corrected chi connectivity index (χ2v) is 5.94. The number of aromatic nitrogens is 1. The van der Waals surface area contributed by atoms with E-state index < -0.39 is 11.9 Å². The van der Waals surface area contributed by atoms with E-state index in [1.165, 1.54) is 6.92 Å². The van der Waals surface area contributed by atoms with Gasteiger partial charge in [0.15, 0.2) is 5.78 Å². The van der Waals surface area contributed by atoms with Crippen molar-refractivity contribution in [1.29, 1.82) is 0 Å². The van der Waals surface area contributed by atoms with Gasteiger partial charge in [0, 0.05) is 24.8 Å². The monoisotopic (exact) mass is 306 g/mol. The molecule has 0 unspecified atom stereocenters. The van der Waals surface area contributed by atoms with Gasteiger partial charge in [0.05, 0.1) is 5.92 Å². The number of carbonyl (C=O) groups is 3. The first kappa shape index (κ1) is 16.3. The van der Waals surface area contributed by atoms with E-state index in [9.17, 15) is 19.5 Å². The Morgan fingerprint density at radius 3 is 2.50 bits per heavy atom. The van der Waals surface area contributed by atoms with Crippen LogP contribution in [0.5, 0.6) is 0 Å². The highest BCUT2D eigenvalue weighted by Gasteiger charge is 2.31. The Morgan fingerprint density at radius 2 is 1.91 bits per heavy atom. The van der Waals surface area contributed by atoms with Gasteiger partial charge in [0.1, 0.15) is 5.69 Å². The van der Waals surface area contributed by atoms with Crippen LogP contribution in [0, 0.1) is 5.92 Å². The number of aryl methyl sites for hydroxylation is 1. The van der Waals surface area contributed by atoms with Crippen LogP contribution < -0.4 is 5.32 Å². The first-order valence-electron chi connectivity index (χ1n) is 7.61. The van der Waals surface area contributed by atoms with Gasteiger partial charge >= 0.3 is 5.97 Å². The van der Waals surface area contributed by atoms with E-state index in [1.807, 2.05) is 0 Å². The number of Topliss-reactive ketones (excluding diaryl/α,β-unsaturated/α-hetero) is 1. The summed E-state index contributed by atoms with van der Waals surface area (Å²) in [6, 6.07) is 1.19. The van der Waals surface area contributed by atoms with Crippen molar-refractivity contribution in [2.45, 2.75) is 45.1 Å². The van der Waals surface area contributed by atoms with Crippen molar-refractivity contribution in [3.63, 3.8) is 0 Å². The molecule has 1 aliphatic carbocycles. The van der Waals surface area contributed by atoms with Gasteiger partial charge in [-0.2, -0.15) is 0 Å². The number of rotatable bonds is 4. The summed E-state index contributed by atoms with van der Waals surface area (Å²) in [5, 5.41) is 12.2. The minimum Gasteiger partial charge on any atom is -0.481 e. The fourth-order valence-electron chi connectivity index (χ4n) is 3.00. The number of amides is 1. The fourth-order valence-corrected chi connectivity index (χ4v) is 3.00. The van der Waals surface area contributed by atoms with Crippen molar-refractivity contribution >= 4 is 17.7 Å². The highest BCUT2D eigenvalue weighted by atomic mass is 16.4. The summed E-state index contributed by atoms with van der Waals surface area (Å²) in [6.45, 7) is 1.45. The number of ketones is 1. The average Bonchev–Trinajstić information content (AvgIpc) is 2.68. The third-order valence-corrected chi connectivity index (χ3v) is 4.29. The Labute approximate surface area is 129 Å². The number of carboxylic acid groups (broad SMARTS) is 1. The summed E-state index contributed by atoms with van der Waals surface area (Å²) in [5.41, 5.74) is 0.849. The summed E-state index contributed by atoms with van der Waals surface area (Å²) >= 11 is 0. The van der Waals surface area contributed by atoms with Crippen LogP contribution in [0.4, 0.5) is 0 Å². The summed E-state index contributed by atoms with van der Waals surface area (Å²) in [5.74, 6) is -1.83. The van der Waals surface area contributed by atoms with Crippen LogP contribution in [0.3, 0.4) is 0 Å². The van der Waals surface area contributed by atoms with E-state index in [-0.39, 0.29) is 17.7 Å². The van der Waals surface area contributed by atoms with Crippen molar-refractivity contribution in [2.75, 3.05) is 0 Å². The molecule has 1 aromatic heterocycles. The molecule has 2 atom stereocenters. The predicted octanol–water partition coefficient (Wildman–Crippen LogP) is 1.99. The van der Waals surface area contributed by atoms with Crippen LogP contribution in [0.15, 0.2) is 12.3 Å². The lowest BCUT2D eigenvalue weighted by molar-refractivity contribution is -0.142. The van der Waals surface area contributed by atoms with Crippen LogP contribution in [-0.4, -0.2) is 33.4 Å². The fraction of sp³-hybridized carbons (Fsp3) is 0.562. The lowest BCUT2D eigenvalue weighted by Crippen LogP contribution is -2.43. The first-order chi connectivity index (χ1) is 10.4. The van der Waals surface area contributed by atoms with Crippen LogP contribution >= 0.6 is 0 Å². The maximum absolute atomic E-state index is 12.4. The summed E-state index contributed by atoms with van der Waals surface area (Å²) in [4.78, 5) is 35.2. The largest absolute Gasteiger partial charge is 0.481 e. The van der Waals surface area contributed by atoms with Gasteiger partial charge in [-0.25, -0.2) is 0 Å². The smallest absolute Gasteiger partial charge is 0.308 e. The van der Waals surface area contributed by atoms with Gasteiger partial charge in [-0.15, -0.1) is 0 Å². The molecular weight excluding hydrogens is 284 g/mol. The van der Waals surface area contributed by atoms with E-state index in [1.54, 1.807) is 23.9 Å². The summed E-state index contributed by atoms with van der Waals surface area (Å²) in [6.07, 6.45) is 5.66. The lowest BCUT2D eigenvalue weighted by Gasteiger charge is -2.22. The molecule has 6 nitrogen and oxygen atoms in total. The Morgan fingerprint density at radius 1 is 1.23 bits per heavy atom. The molecular formula is C16H22N2O4. The molecule has 0 aliphatic heterocycles. The number of nitrogens with one attached hydrogen (secondary N) is 1. The van der Waals surface area contributed by atoms with Crippen molar-refractivity contribution in [1.82, 2.24) is 9.88 Å². The van der Waals surface area contributed by atoms with Crippen molar-refractivity contribution in [2.24, 2.45) is 13.0 Å². The number of nitrogens with zero attached hydrogens (tertiary/aromatic N) is 1. The minimum atomic E-state index is -0.858. The molecule has 120 valence electrons. The number of carbonyl (C=O) groups excluding carboxylic acids is 2. The molecule has 1 aromatic rings. The zero-order chi connectivity index (χ0) is 16.3. The van der Waals surface area contributed by atoms with E-state index in [0.29, 0.717) is 24.1 Å². The number of hydrogen-bond donors (Lipinski definition) is 2. The van der Waals surface area contributed by atoms with Crippen LogP contribution in [0.2, 0.25) is 0 Å². The summed E-state index contributed by atoms with van der Waals surface area (Å²) < 4.78 is 1.60. The highest BCUT2D eigenvalue weighted by Crippen LogP contribution is 2.24. The van der Waals surface area contributed by atoms with E-state index in [4.69, 9.17) is 0 Å². The van der Waals surface area contributed by atoms with Gasteiger partial charge in [0.2, 0.25) is 0 Å². The molecule has 0 aromatic carbocycles. The normalized spacial score (nSPS) is 21.9. The zero-order valence-electron chi connectivity index (χ0n) is 13.0. The quantitative estimate of drug-likeness (QED) is 0.657. The SMILES string of the molecule is CC(=O)c1cc(C(=O)N[C@H]2CCCCC[C@H]2C(=O)O)n(C)c1. The Kier molecular flexibility index (Phi) is 5.00. The molecule has 0 spiro atoms. The molecule has 0 saturated heterocycles.